The van der Waals surface area contributed by atoms with Crippen LogP contribution >= 0.6 is 0 Å². The van der Waals surface area contributed by atoms with Gasteiger partial charge in [0.1, 0.15) is 17.4 Å². The number of rotatable bonds is 6. The highest BCUT2D eigenvalue weighted by Crippen LogP contribution is 2.25. The molecule has 1 amide bonds. The van der Waals surface area contributed by atoms with E-state index in [0.717, 1.165) is 17.0 Å². The van der Waals surface area contributed by atoms with Gasteiger partial charge in [0.15, 0.2) is 11.6 Å². The molecule has 1 heterocycles. The molecule has 1 N–H and O–H groups in total. The van der Waals surface area contributed by atoms with E-state index in [9.17, 15) is 9.18 Å². The molecule has 0 aliphatic carbocycles. The van der Waals surface area contributed by atoms with Crippen LogP contribution in [0.15, 0.2) is 52.9 Å². The van der Waals surface area contributed by atoms with Gasteiger partial charge >= 0.3 is 0 Å². The summed E-state index contributed by atoms with van der Waals surface area (Å²) in [5, 5.41) is 3.69. The van der Waals surface area contributed by atoms with E-state index in [1.54, 1.807) is 0 Å². The summed E-state index contributed by atoms with van der Waals surface area (Å²) in [6.07, 6.45) is -0.445. The van der Waals surface area contributed by atoms with Gasteiger partial charge in [-0.1, -0.05) is 18.2 Å². The second-order valence-electron chi connectivity index (χ2n) is 5.47. The molecule has 130 valence electrons. The fraction of sp³-hybridized carbons (Fsp3) is 0.211. The molecule has 25 heavy (non-hydrogen) atoms. The van der Waals surface area contributed by atoms with Crippen LogP contribution in [-0.4, -0.2) is 26.7 Å². The first-order valence-corrected chi connectivity index (χ1v) is 7.75. The Kier molecular flexibility index (Phi) is 5.00. The van der Waals surface area contributed by atoms with Crippen LogP contribution in [-0.2, 0) is 4.74 Å². The van der Waals surface area contributed by atoms with Crippen LogP contribution in [0.1, 0.15) is 22.2 Å². The van der Waals surface area contributed by atoms with Crippen molar-refractivity contribution in [3.8, 4) is 5.75 Å². The summed E-state index contributed by atoms with van der Waals surface area (Å²) in [4.78, 5) is 12.2. The number of fused-ring (bicyclic) bond motifs is 1. The highest BCUT2D eigenvalue weighted by atomic mass is 19.1. The van der Waals surface area contributed by atoms with Crippen molar-refractivity contribution in [2.45, 2.75) is 6.10 Å². The van der Waals surface area contributed by atoms with E-state index in [1.165, 1.54) is 26.4 Å². The molecule has 0 saturated carbocycles. The third-order valence-electron chi connectivity index (χ3n) is 3.91. The molecular formula is C19H18FNO4. The average Bonchev–Trinajstić information content (AvgIpc) is 3.05. The Morgan fingerprint density at radius 1 is 1.20 bits per heavy atom. The molecule has 0 bridgehead atoms. The van der Waals surface area contributed by atoms with E-state index in [0.29, 0.717) is 5.76 Å². The molecule has 2 aromatic carbocycles. The van der Waals surface area contributed by atoms with Crippen LogP contribution in [0.2, 0.25) is 0 Å². The molecule has 6 heteroatoms. The topological polar surface area (TPSA) is 60.7 Å². The highest BCUT2D eigenvalue weighted by Gasteiger charge is 2.18. The summed E-state index contributed by atoms with van der Waals surface area (Å²) < 4.78 is 29.7. The second kappa shape index (κ2) is 7.36. The Hall–Kier alpha value is -2.86. The zero-order valence-electron chi connectivity index (χ0n) is 13.9. The Labute approximate surface area is 144 Å². The maximum Gasteiger partial charge on any atom is 0.251 e. The third kappa shape index (κ3) is 3.64. The van der Waals surface area contributed by atoms with E-state index in [2.05, 4.69) is 5.32 Å². The van der Waals surface area contributed by atoms with Crippen LogP contribution in [0.3, 0.4) is 0 Å². The van der Waals surface area contributed by atoms with Gasteiger partial charge in [0.2, 0.25) is 0 Å². The molecule has 0 spiro atoms. The molecular weight excluding hydrogens is 325 g/mol. The Morgan fingerprint density at radius 2 is 2.00 bits per heavy atom. The van der Waals surface area contributed by atoms with E-state index in [1.807, 2.05) is 30.3 Å². The quantitative estimate of drug-likeness (QED) is 0.741. The van der Waals surface area contributed by atoms with Crippen molar-refractivity contribution in [3.63, 3.8) is 0 Å². The first kappa shape index (κ1) is 17.0. The average molecular weight is 343 g/mol. The van der Waals surface area contributed by atoms with Gasteiger partial charge in [-0.25, -0.2) is 4.39 Å². The maximum absolute atomic E-state index is 13.7. The number of methoxy groups -OCH3 is 2. The Morgan fingerprint density at radius 3 is 2.68 bits per heavy atom. The van der Waals surface area contributed by atoms with Gasteiger partial charge in [0.25, 0.3) is 5.91 Å². The molecule has 0 radical (unpaired) electrons. The largest absolute Gasteiger partial charge is 0.494 e. The zero-order chi connectivity index (χ0) is 17.8. The number of para-hydroxylation sites is 1. The fourth-order valence-electron chi connectivity index (χ4n) is 2.56. The lowest BCUT2D eigenvalue weighted by atomic mass is 10.2. The number of ether oxygens (including phenoxy) is 2. The summed E-state index contributed by atoms with van der Waals surface area (Å²) in [7, 11) is 2.91. The minimum atomic E-state index is -0.587. The maximum atomic E-state index is 13.7. The number of carbonyl (C=O) groups excluding carboxylic acids is 1. The van der Waals surface area contributed by atoms with Gasteiger partial charge in [0, 0.05) is 18.1 Å². The molecule has 3 aromatic rings. The number of hydrogen-bond donors (Lipinski definition) is 1. The van der Waals surface area contributed by atoms with Crippen LogP contribution in [0.5, 0.6) is 5.75 Å². The number of amides is 1. The van der Waals surface area contributed by atoms with Crippen LogP contribution in [0, 0.1) is 5.82 Å². The van der Waals surface area contributed by atoms with Gasteiger partial charge in [-0.3, -0.25) is 4.79 Å². The lowest BCUT2D eigenvalue weighted by Gasteiger charge is -2.14. The SMILES string of the molecule is COc1ccc(C(=O)NC[C@H](OC)c2cc3ccccc3o2)cc1F. The summed E-state index contributed by atoms with van der Waals surface area (Å²) in [5.74, 6) is -0.283. The molecule has 0 fully saturated rings. The minimum absolute atomic E-state index is 0.0913. The van der Waals surface area contributed by atoms with Crippen molar-refractivity contribution in [1.82, 2.24) is 5.32 Å². The zero-order valence-corrected chi connectivity index (χ0v) is 13.9. The van der Waals surface area contributed by atoms with Crippen LogP contribution in [0.25, 0.3) is 11.0 Å². The number of halogens is 1. The molecule has 0 aliphatic heterocycles. The van der Waals surface area contributed by atoms with Crippen molar-refractivity contribution in [2.75, 3.05) is 20.8 Å². The normalized spacial score (nSPS) is 12.1. The van der Waals surface area contributed by atoms with Gasteiger partial charge in [0.05, 0.1) is 13.7 Å². The van der Waals surface area contributed by atoms with E-state index >= 15 is 0 Å². The van der Waals surface area contributed by atoms with Crippen molar-refractivity contribution in [2.24, 2.45) is 0 Å². The number of hydrogen-bond acceptors (Lipinski definition) is 4. The molecule has 0 unspecified atom stereocenters. The molecule has 1 aromatic heterocycles. The van der Waals surface area contributed by atoms with Crippen LogP contribution < -0.4 is 10.1 Å². The molecule has 3 rings (SSSR count). The fourth-order valence-corrected chi connectivity index (χ4v) is 2.56. The smallest absolute Gasteiger partial charge is 0.251 e. The Balaban J connectivity index is 1.70. The predicted octanol–water partition coefficient (Wildman–Crippen LogP) is 3.70. The van der Waals surface area contributed by atoms with Gasteiger partial charge in [-0.05, 0) is 30.3 Å². The van der Waals surface area contributed by atoms with Crippen molar-refractivity contribution in [3.05, 3.63) is 65.7 Å². The van der Waals surface area contributed by atoms with E-state index in [4.69, 9.17) is 13.9 Å². The lowest BCUT2D eigenvalue weighted by Crippen LogP contribution is -2.29. The second-order valence-corrected chi connectivity index (χ2v) is 5.47. The predicted molar refractivity (Wildman–Crippen MR) is 91.2 cm³/mol. The molecule has 1 atom stereocenters. The Bertz CT molecular complexity index is 857. The van der Waals surface area contributed by atoms with Crippen molar-refractivity contribution in [1.29, 1.82) is 0 Å². The van der Waals surface area contributed by atoms with Gasteiger partial charge < -0.3 is 19.2 Å². The first-order valence-electron chi connectivity index (χ1n) is 7.75. The summed E-state index contributed by atoms with van der Waals surface area (Å²) >= 11 is 0. The summed E-state index contributed by atoms with van der Waals surface area (Å²) in [5.41, 5.74) is 0.959. The molecule has 5 nitrogen and oxygen atoms in total. The monoisotopic (exact) mass is 343 g/mol. The van der Waals surface area contributed by atoms with E-state index < -0.39 is 17.8 Å². The summed E-state index contributed by atoms with van der Waals surface area (Å²) in [6, 6.07) is 13.5. The number of benzene rings is 2. The van der Waals surface area contributed by atoms with Crippen molar-refractivity contribution < 1.29 is 23.1 Å². The standard InChI is InChI=1S/C19H18FNO4/c1-23-16-8-7-13(9-14(16)20)19(22)21-11-18(24-2)17-10-12-5-3-4-6-15(12)25-17/h3-10,18H,11H2,1-2H3,(H,21,22)/t18-/m0/s1. The first-order chi connectivity index (χ1) is 12.1. The van der Waals surface area contributed by atoms with Gasteiger partial charge in [-0.15, -0.1) is 0 Å². The lowest BCUT2D eigenvalue weighted by molar-refractivity contribution is 0.0747. The highest BCUT2D eigenvalue weighted by molar-refractivity contribution is 5.94. The van der Waals surface area contributed by atoms with E-state index in [-0.39, 0.29) is 17.9 Å². The number of carbonyl (C=O) groups is 1. The molecule has 0 aliphatic rings. The summed E-state index contributed by atoms with van der Waals surface area (Å²) in [6.45, 7) is 0.197. The van der Waals surface area contributed by atoms with Gasteiger partial charge in [-0.2, -0.15) is 0 Å². The number of furan rings is 1. The van der Waals surface area contributed by atoms with Crippen LogP contribution in [0.4, 0.5) is 4.39 Å². The molecule has 0 saturated heterocycles. The minimum Gasteiger partial charge on any atom is -0.494 e. The van der Waals surface area contributed by atoms with Crippen molar-refractivity contribution >= 4 is 16.9 Å². The third-order valence-corrected chi connectivity index (χ3v) is 3.91. The number of nitrogens with one attached hydrogen (secondary N) is 1.